The molecule has 0 aliphatic carbocycles. The van der Waals surface area contributed by atoms with Crippen LogP contribution in [0.2, 0.25) is 0 Å². The Labute approximate surface area is 87.1 Å². The number of esters is 1. The maximum absolute atomic E-state index is 11.1. The largest absolute Gasteiger partial charge is 0.480 e. The summed E-state index contributed by atoms with van der Waals surface area (Å²) in [6.45, 7) is 2.78. The summed E-state index contributed by atoms with van der Waals surface area (Å²) in [5.74, 6) is -2.17. The number of carboxylic acids is 1. The van der Waals surface area contributed by atoms with Gasteiger partial charge in [-0.05, 0) is 6.08 Å². The average molecular weight is 215 g/mol. The standard InChI is InChI=1S/C9H13NO5/c1-3-7(11)10(6-8(12)13)5-4-9(14)15-2/h3H,1,4-6H2,2H3,(H,12,13). The summed E-state index contributed by atoms with van der Waals surface area (Å²) in [6, 6.07) is 0. The molecule has 0 saturated heterocycles. The first kappa shape index (κ1) is 13.2. The number of rotatable bonds is 6. The number of aliphatic carboxylic acids is 1. The van der Waals surface area contributed by atoms with Crippen LogP contribution in [0, 0.1) is 0 Å². The quantitative estimate of drug-likeness (QED) is 0.483. The van der Waals surface area contributed by atoms with Gasteiger partial charge in [0.05, 0.1) is 13.5 Å². The van der Waals surface area contributed by atoms with Gasteiger partial charge in [-0.1, -0.05) is 6.58 Å². The molecule has 0 heterocycles. The lowest BCUT2D eigenvalue weighted by molar-refractivity contribution is -0.145. The average Bonchev–Trinajstić information content (AvgIpc) is 2.21. The molecule has 0 spiro atoms. The molecule has 0 unspecified atom stereocenters. The number of ether oxygens (including phenoxy) is 1. The van der Waals surface area contributed by atoms with Crippen molar-refractivity contribution in [1.29, 1.82) is 0 Å². The third kappa shape index (κ3) is 5.45. The van der Waals surface area contributed by atoms with Crippen LogP contribution in [0.15, 0.2) is 12.7 Å². The molecule has 0 fully saturated rings. The number of hydrogen-bond donors (Lipinski definition) is 1. The van der Waals surface area contributed by atoms with E-state index in [1.54, 1.807) is 0 Å². The van der Waals surface area contributed by atoms with Gasteiger partial charge < -0.3 is 14.7 Å². The lowest BCUT2D eigenvalue weighted by Gasteiger charge is -2.17. The Morgan fingerprint density at radius 3 is 2.47 bits per heavy atom. The molecule has 0 aliphatic rings. The van der Waals surface area contributed by atoms with Crippen molar-refractivity contribution < 1.29 is 24.2 Å². The van der Waals surface area contributed by atoms with Gasteiger partial charge in [-0.25, -0.2) is 0 Å². The Hall–Kier alpha value is -1.85. The minimum Gasteiger partial charge on any atom is -0.480 e. The normalized spacial score (nSPS) is 9.13. The van der Waals surface area contributed by atoms with Crippen LogP contribution in [0.1, 0.15) is 6.42 Å². The molecular weight excluding hydrogens is 202 g/mol. The van der Waals surface area contributed by atoms with E-state index >= 15 is 0 Å². The Morgan fingerprint density at radius 2 is 2.07 bits per heavy atom. The summed E-state index contributed by atoms with van der Waals surface area (Å²) in [7, 11) is 1.22. The number of amides is 1. The summed E-state index contributed by atoms with van der Waals surface area (Å²) in [4.78, 5) is 33.3. The second-order valence-electron chi connectivity index (χ2n) is 2.68. The summed E-state index contributed by atoms with van der Waals surface area (Å²) in [5.41, 5.74) is 0. The van der Waals surface area contributed by atoms with E-state index in [1.165, 1.54) is 7.11 Å². The molecule has 15 heavy (non-hydrogen) atoms. The number of nitrogens with zero attached hydrogens (tertiary/aromatic N) is 1. The van der Waals surface area contributed by atoms with Crippen molar-refractivity contribution in [2.24, 2.45) is 0 Å². The van der Waals surface area contributed by atoms with Crippen LogP contribution in [0.25, 0.3) is 0 Å². The smallest absolute Gasteiger partial charge is 0.323 e. The molecule has 0 aliphatic heterocycles. The first-order chi connectivity index (χ1) is 7.01. The monoisotopic (exact) mass is 215 g/mol. The highest BCUT2D eigenvalue weighted by atomic mass is 16.5. The molecule has 0 radical (unpaired) electrons. The van der Waals surface area contributed by atoms with E-state index in [2.05, 4.69) is 11.3 Å². The highest BCUT2D eigenvalue weighted by molar-refractivity contribution is 5.89. The van der Waals surface area contributed by atoms with Gasteiger partial charge in [0, 0.05) is 6.54 Å². The first-order valence-electron chi connectivity index (χ1n) is 4.21. The zero-order valence-electron chi connectivity index (χ0n) is 8.43. The second-order valence-corrected chi connectivity index (χ2v) is 2.68. The Balaban J connectivity index is 4.24. The molecule has 0 saturated carbocycles. The van der Waals surface area contributed by atoms with E-state index in [0.29, 0.717) is 0 Å². The molecule has 0 aromatic rings. The fourth-order valence-electron chi connectivity index (χ4n) is 0.888. The van der Waals surface area contributed by atoms with Crippen molar-refractivity contribution in [3.8, 4) is 0 Å². The van der Waals surface area contributed by atoms with Crippen LogP contribution < -0.4 is 0 Å². The number of carboxylic acid groups (broad SMARTS) is 1. The molecule has 0 atom stereocenters. The van der Waals surface area contributed by atoms with Gasteiger partial charge in [0.2, 0.25) is 5.91 Å². The van der Waals surface area contributed by atoms with Crippen LogP contribution in [0.4, 0.5) is 0 Å². The molecule has 84 valence electrons. The molecule has 0 rings (SSSR count). The van der Waals surface area contributed by atoms with Gasteiger partial charge in [-0.2, -0.15) is 0 Å². The molecule has 6 heteroatoms. The topological polar surface area (TPSA) is 83.9 Å². The highest BCUT2D eigenvalue weighted by Crippen LogP contribution is 1.95. The summed E-state index contributed by atoms with van der Waals surface area (Å²) < 4.78 is 4.37. The van der Waals surface area contributed by atoms with Gasteiger partial charge in [-0.3, -0.25) is 14.4 Å². The van der Waals surface area contributed by atoms with Crippen molar-refractivity contribution in [1.82, 2.24) is 4.90 Å². The van der Waals surface area contributed by atoms with Crippen LogP contribution in [-0.2, 0) is 19.1 Å². The Bertz CT molecular complexity index is 274. The maximum atomic E-state index is 11.1. The van der Waals surface area contributed by atoms with E-state index in [-0.39, 0.29) is 13.0 Å². The minimum absolute atomic E-state index is 0.00380. The molecule has 6 nitrogen and oxygen atoms in total. The Morgan fingerprint density at radius 1 is 1.47 bits per heavy atom. The van der Waals surface area contributed by atoms with E-state index < -0.39 is 24.4 Å². The lowest BCUT2D eigenvalue weighted by Crippen LogP contribution is -2.36. The highest BCUT2D eigenvalue weighted by Gasteiger charge is 2.15. The van der Waals surface area contributed by atoms with Crippen LogP contribution in [-0.4, -0.2) is 48.1 Å². The predicted octanol–water partition coefficient (Wildman–Crippen LogP) is -0.351. The second kappa shape index (κ2) is 6.58. The van der Waals surface area contributed by atoms with Crippen LogP contribution in [0.5, 0.6) is 0 Å². The van der Waals surface area contributed by atoms with Gasteiger partial charge in [0.15, 0.2) is 0 Å². The maximum Gasteiger partial charge on any atom is 0.323 e. The zero-order valence-corrected chi connectivity index (χ0v) is 8.43. The zero-order chi connectivity index (χ0) is 11.8. The number of carbonyl (C=O) groups excluding carboxylic acids is 2. The Kier molecular flexibility index (Phi) is 5.77. The van der Waals surface area contributed by atoms with Gasteiger partial charge in [-0.15, -0.1) is 0 Å². The van der Waals surface area contributed by atoms with Crippen molar-refractivity contribution in [2.45, 2.75) is 6.42 Å². The van der Waals surface area contributed by atoms with Crippen LogP contribution in [0.3, 0.4) is 0 Å². The van der Waals surface area contributed by atoms with Crippen molar-refractivity contribution >= 4 is 17.8 Å². The molecule has 0 aromatic heterocycles. The van der Waals surface area contributed by atoms with Crippen molar-refractivity contribution in [3.63, 3.8) is 0 Å². The number of methoxy groups -OCH3 is 1. The molecular formula is C9H13NO5. The fraction of sp³-hybridized carbons (Fsp3) is 0.444. The van der Waals surface area contributed by atoms with Gasteiger partial charge in [0.25, 0.3) is 0 Å². The molecule has 1 N–H and O–H groups in total. The SMILES string of the molecule is C=CC(=O)N(CCC(=O)OC)CC(=O)O. The number of carbonyl (C=O) groups is 3. The summed E-state index contributed by atoms with van der Waals surface area (Å²) >= 11 is 0. The van der Waals surface area contributed by atoms with Crippen molar-refractivity contribution in [3.05, 3.63) is 12.7 Å². The summed E-state index contributed by atoms with van der Waals surface area (Å²) in [5, 5.41) is 8.51. The van der Waals surface area contributed by atoms with E-state index in [4.69, 9.17) is 5.11 Å². The van der Waals surface area contributed by atoms with Crippen molar-refractivity contribution in [2.75, 3.05) is 20.2 Å². The lowest BCUT2D eigenvalue weighted by atomic mass is 10.3. The molecule has 1 amide bonds. The molecule has 0 aromatic carbocycles. The summed E-state index contributed by atoms with van der Waals surface area (Å²) in [6.07, 6.45) is 0.962. The first-order valence-corrected chi connectivity index (χ1v) is 4.21. The fourth-order valence-corrected chi connectivity index (χ4v) is 0.888. The van der Waals surface area contributed by atoms with Gasteiger partial charge >= 0.3 is 11.9 Å². The van der Waals surface area contributed by atoms with Crippen LogP contribution >= 0.6 is 0 Å². The number of hydrogen-bond acceptors (Lipinski definition) is 4. The third-order valence-corrected chi connectivity index (χ3v) is 1.63. The van der Waals surface area contributed by atoms with Gasteiger partial charge in [0.1, 0.15) is 6.54 Å². The molecule has 0 bridgehead atoms. The predicted molar refractivity (Wildman–Crippen MR) is 51.0 cm³/mol. The van der Waals surface area contributed by atoms with E-state index in [1.807, 2.05) is 0 Å². The third-order valence-electron chi connectivity index (χ3n) is 1.63. The van der Waals surface area contributed by atoms with E-state index in [0.717, 1.165) is 11.0 Å². The van der Waals surface area contributed by atoms with E-state index in [9.17, 15) is 14.4 Å². The minimum atomic E-state index is -1.14.